The van der Waals surface area contributed by atoms with Gasteiger partial charge >= 0.3 is 19.8 Å². The van der Waals surface area contributed by atoms with Gasteiger partial charge in [0.05, 0.1) is 6.61 Å². The van der Waals surface area contributed by atoms with Gasteiger partial charge in [0.15, 0.2) is 6.10 Å². The number of hydrogen-bond donors (Lipinski definition) is 2. The summed E-state index contributed by atoms with van der Waals surface area (Å²) in [6, 6.07) is 0. The third-order valence-electron chi connectivity index (χ3n) is 9.01. The van der Waals surface area contributed by atoms with Crippen molar-refractivity contribution in [2.45, 2.75) is 200 Å². The van der Waals surface area contributed by atoms with E-state index in [1.165, 1.54) is 89.9 Å². The maximum absolute atomic E-state index is 12.4. The number of carbonyl (C=O) groups is 2. The van der Waals surface area contributed by atoms with E-state index >= 15 is 0 Å². The van der Waals surface area contributed by atoms with Gasteiger partial charge < -0.3 is 19.3 Å². The van der Waals surface area contributed by atoms with E-state index in [-0.39, 0.29) is 19.4 Å². The average Bonchev–Trinajstić information content (AvgIpc) is 3.14. The highest BCUT2D eigenvalue weighted by atomic mass is 31.2. The van der Waals surface area contributed by atoms with E-state index < -0.39 is 32.5 Å². The summed E-state index contributed by atoms with van der Waals surface area (Å²) in [5.74, 6) is -0.927. The van der Waals surface area contributed by atoms with Crippen molar-refractivity contribution >= 4 is 19.8 Å². The fourth-order valence-corrected chi connectivity index (χ4v) is 6.12. The quantitative estimate of drug-likeness (QED) is 0.0274. The van der Waals surface area contributed by atoms with Gasteiger partial charge in [-0.1, -0.05) is 158 Å². The minimum atomic E-state index is -4.77. The van der Waals surface area contributed by atoms with Gasteiger partial charge in [-0.25, -0.2) is 4.57 Å². The molecule has 0 saturated carbocycles. The fourth-order valence-electron chi connectivity index (χ4n) is 5.76. The van der Waals surface area contributed by atoms with Crippen LogP contribution in [0.25, 0.3) is 0 Å². The Balaban J connectivity index is 3.99. The van der Waals surface area contributed by atoms with Crippen molar-refractivity contribution < 1.29 is 37.9 Å². The van der Waals surface area contributed by atoms with Gasteiger partial charge in [0.2, 0.25) is 0 Å². The first-order chi connectivity index (χ1) is 26.3. The SMILES string of the molecule is CCCCC/C=C\C/C=C\C/C=C\C/C=C\CCCCCC(=O)O[C@H](COC(=O)CCCCCCCCC/C=C\CCCCCCCC)COP(=O)(O)O. The molecule has 0 radical (unpaired) electrons. The largest absolute Gasteiger partial charge is 0.469 e. The molecule has 0 rings (SSSR count). The van der Waals surface area contributed by atoms with E-state index in [1.807, 2.05) is 0 Å². The fraction of sp³-hybridized carbons (Fsp3) is 0.733. The summed E-state index contributed by atoms with van der Waals surface area (Å²) in [6.45, 7) is 3.63. The lowest BCUT2D eigenvalue weighted by atomic mass is 10.1. The van der Waals surface area contributed by atoms with Crippen LogP contribution in [0.15, 0.2) is 60.8 Å². The van der Waals surface area contributed by atoms with Crippen LogP contribution in [0.3, 0.4) is 0 Å². The van der Waals surface area contributed by atoms with Crippen LogP contribution in [0.1, 0.15) is 194 Å². The Morgan fingerprint density at radius 3 is 1.31 bits per heavy atom. The van der Waals surface area contributed by atoms with Crippen LogP contribution in [0.5, 0.6) is 0 Å². The maximum Gasteiger partial charge on any atom is 0.469 e. The van der Waals surface area contributed by atoms with Crippen LogP contribution < -0.4 is 0 Å². The summed E-state index contributed by atoms with van der Waals surface area (Å²) >= 11 is 0. The van der Waals surface area contributed by atoms with E-state index in [0.29, 0.717) is 12.8 Å². The number of allylic oxidation sites excluding steroid dienone is 10. The van der Waals surface area contributed by atoms with Crippen molar-refractivity contribution in [3.8, 4) is 0 Å². The first-order valence-electron chi connectivity index (χ1n) is 21.6. The molecule has 0 aliphatic heterocycles. The molecule has 0 aromatic rings. The van der Waals surface area contributed by atoms with Gasteiger partial charge in [-0.2, -0.15) is 0 Å². The minimum Gasteiger partial charge on any atom is -0.462 e. The number of phosphoric ester groups is 1. The zero-order valence-corrected chi connectivity index (χ0v) is 35.2. The van der Waals surface area contributed by atoms with Gasteiger partial charge in [-0.05, 0) is 83.5 Å². The number of phosphoric acid groups is 1. The van der Waals surface area contributed by atoms with Crippen molar-refractivity contribution in [3.63, 3.8) is 0 Å². The van der Waals surface area contributed by atoms with E-state index in [0.717, 1.165) is 64.2 Å². The van der Waals surface area contributed by atoms with Crippen LogP contribution in [0.4, 0.5) is 0 Å². The van der Waals surface area contributed by atoms with Gasteiger partial charge in [-0.15, -0.1) is 0 Å². The molecule has 54 heavy (non-hydrogen) atoms. The number of carbonyl (C=O) groups excluding carboxylic acids is 2. The van der Waals surface area contributed by atoms with Crippen molar-refractivity contribution in [2.24, 2.45) is 0 Å². The number of ether oxygens (including phenoxy) is 2. The Hall–Kier alpha value is -2.25. The molecular weight excluding hydrogens is 699 g/mol. The molecule has 0 heterocycles. The standard InChI is InChI=1S/C45H79O8P/c1-3-5-7-9-11-13-15-17-19-21-22-24-26-28-30-32-34-36-38-40-45(47)53-43(42-52-54(48,49)50)41-51-44(46)39-37-35-33-31-29-27-25-23-20-18-16-14-12-10-8-6-4-2/h11,13,17-20,22,24,28,30,43H,3-10,12,14-16,21,23,25-27,29,31-42H2,1-2H3,(H2,48,49,50)/b13-11-,19-17-,20-18-,24-22-,30-28-/t43-/m1/s1. The molecule has 0 amide bonds. The van der Waals surface area contributed by atoms with Crippen LogP contribution in [-0.2, 0) is 28.2 Å². The first kappa shape index (κ1) is 51.8. The Bertz CT molecular complexity index is 1060. The second kappa shape index (κ2) is 40.4. The predicted molar refractivity (Wildman–Crippen MR) is 225 cm³/mol. The number of unbranched alkanes of at least 4 members (excludes halogenated alkanes) is 19. The zero-order chi connectivity index (χ0) is 39.6. The lowest BCUT2D eigenvalue weighted by Gasteiger charge is -2.18. The normalized spacial score (nSPS) is 13.0. The summed E-state index contributed by atoms with van der Waals surface area (Å²) in [4.78, 5) is 42.9. The molecule has 8 nitrogen and oxygen atoms in total. The van der Waals surface area contributed by atoms with Crippen LogP contribution in [0, 0.1) is 0 Å². The number of hydrogen-bond acceptors (Lipinski definition) is 6. The number of rotatable bonds is 39. The first-order valence-corrected chi connectivity index (χ1v) is 23.1. The summed E-state index contributed by atoms with van der Waals surface area (Å²) in [5, 5.41) is 0. The summed E-state index contributed by atoms with van der Waals surface area (Å²) in [7, 11) is -4.77. The van der Waals surface area contributed by atoms with Crippen molar-refractivity contribution in [1.82, 2.24) is 0 Å². The van der Waals surface area contributed by atoms with Gasteiger partial charge in [0, 0.05) is 12.8 Å². The van der Waals surface area contributed by atoms with Gasteiger partial charge in [0.1, 0.15) is 6.61 Å². The van der Waals surface area contributed by atoms with E-state index in [9.17, 15) is 14.2 Å². The smallest absolute Gasteiger partial charge is 0.462 e. The Morgan fingerprint density at radius 1 is 0.481 bits per heavy atom. The highest BCUT2D eigenvalue weighted by molar-refractivity contribution is 7.46. The highest BCUT2D eigenvalue weighted by Crippen LogP contribution is 2.36. The molecular formula is C45H79O8P. The van der Waals surface area contributed by atoms with Crippen LogP contribution in [0.2, 0.25) is 0 Å². The highest BCUT2D eigenvalue weighted by Gasteiger charge is 2.22. The molecule has 0 aliphatic carbocycles. The molecule has 0 unspecified atom stereocenters. The molecule has 9 heteroatoms. The molecule has 1 atom stereocenters. The van der Waals surface area contributed by atoms with Crippen LogP contribution in [-0.4, -0.2) is 41.0 Å². The molecule has 0 saturated heterocycles. The maximum atomic E-state index is 12.4. The Labute approximate surface area is 330 Å². The molecule has 312 valence electrons. The van der Waals surface area contributed by atoms with Gasteiger partial charge in [-0.3, -0.25) is 14.1 Å². The third kappa shape index (κ3) is 42.5. The zero-order valence-electron chi connectivity index (χ0n) is 34.4. The lowest BCUT2D eigenvalue weighted by Crippen LogP contribution is -2.29. The third-order valence-corrected chi connectivity index (χ3v) is 9.49. The predicted octanol–water partition coefficient (Wildman–Crippen LogP) is 13.3. The molecule has 0 aromatic carbocycles. The van der Waals surface area contributed by atoms with Crippen molar-refractivity contribution in [1.29, 1.82) is 0 Å². The molecule has 0 fully saturated rings. The Morgan fingerprint density at radius 2 is 0.833 bits per heavy atom. The molecule has 2 N–H and O–H groups in total. The summed E-state index contributed by atoms with van der Waals surface area (Å²) in [5.41, 5.74) is 0. The topological polar surface area (TPSA) is 119 Å². The second-order valence-corrected chi connectivity index (χ2v) is 15.5. The van der Waals surface area contributed by atoms with Crippen LogP contribution >= 0.6 is 7.82 Å². The molecule has 0 spiro atoms. The molecule has 0 bridgehead atoms. The van der Waals surface area contributed by atoms with Gasteiger partial charge in [0.25, 0.3) is 0 Å². The number of esters is 2. The Kier molecular flexibility index (Phi) is 38.7. The minimum absolute atomic E-state index is 0.172. The summed E-state index contributed by atoms with van der Waals surface area (Å²) < 4.78 is 26.4. The van der Waals surface area contributed by atoms with E-state index in [4.69, 9.17) is 19.3 Å². The van der Waals surface area contributed by atoms with E-state index in [1.54, 1.807) is 0 Å². The average molecular weight is 779 g/mol. The lowest BCUT2D eigenvalue weighted by molar-refractivity contribution is -0.161. The monoisotopic (exact) mass is 779 g/mol. The molecule has 0 aliphatic rings. The summed E-state index contributed by atoms with van der Waals surface area (Å²) in [6.07, 6.45) is 50.8. The van der Waals surface area contributed by atoms with Crippen molar-refractivity contribution in [3.05, 3.63) is 60.8 Å². The van der Waals surface area contributed by atoms with E-state index in [2.05, 4.69) is 79.1 Å². The van der Waals surface area contributed by atoms with Crippen molar-refractivity contribution in [2.75, 3.05) is 13.2 Å². The molecule has 0 aromatic heterocycles. The second-order valence-electron chi connectivity index (χ2n) is 14.3.